The number of ether oxygens (including phenoxy) is 1. The highest BCUT2D eigenvalue weighted by Gasteiger charge is 2.19. The highest BCUT2D eigenvalue weighted by atomic mass is 16.6. The lowest BCUT2D eigenvalue weighted by molar-refractivity contribution is -0.384. The van der Waals surface area contributed by atoms with Gasteiger partial charge in [0.15, 0.2) is 6.61 Å². The molecule has 2 rings (SSSR count). The van der Waals surface area contributed by atoms with Gasteiger partial charge in [0, 0.05) is 18.7 Å². The first-order valence-corrected chi connectivity index (χ1v) is 9.10. The number of esters is 1. The third kappa shape index (κ3) is 6.89. The third-order valence-corrected chi connectivity index (χ3v) is 3.76. The molecule has 0 unspecified atom stereocenters. The first-order valence-electron chi connectivity index (χ1n) is 9.10. The van der Waals surface area contributed by atoms with Crippen molar-refractivity contribution in [3.05, 3.63) is 69.8 Å². The second-order valence-corrected chi connectivity index (χ2v) is 6.58. The molecule has 0 aromatic heterocycles. The van der Waals surface area contributed by atoms with Gasteiger partial charge in [0.1, 0.15) is 5.69 Å². The van der Waals surface area contributed by atoms with Gasteiger partial charge in [-0.1, -0.05) is 30.3 Å². The number of imide groups is 1. The molecule has 3 N–H and O–H groups in total. The number of carbonyl (C=O) groups is 3. The number of hydrogen-bond acceptors (Lipinski definition) is 7. The molecule has 0 radical (unpaired) electrons. The van der Waals surface area contributed by atoms with E-state index in [1.54, 1.807) is 13.8 Å². The molecule has 0 heterocycles. The van der Waals surface area contributed by atoms with Crippen LogP contribution in [0, 0.1) is 10.1 Å². The van der Waals surface area contributed by atoms with Gasteiger partial charge in [0.25, 0.3) is 11.6 Å². The van der Waals surface area contributed by atoms with Crippen LogP contribution in [0.15, 0.2) is 48.5 Å². The van der Waals surface area contributed by atoms with Crippen LogP contribution in [0.1, 0.15) is 29.8 Å². The van der Waals surface area contributed by atoms with E-state index in [1.807, 2.05) is 35.6 Å². The Hall–Kier alpha value is -3.95. The van der Waals surface area contributed by atoms with E-state index in [0.29, 0.717) is 6.54 Å². The number of nitrogens with zero attached hydrogens (tertiary/aromatic N) is 1. The van der Waals surface area contributed by atoms with E-state index < -0.39 is 29.4 Å². The molecule has 0 saturated heterocycles. The van der Waals surface area contributed by atoms with Crippen LogP contribution < -0.4 is 16.0 Å². The molecular formula is C20H22N4O6. The highest BCUT2D eigenvalue weighted by Crippen LogP contribution is 2.26. The SMILES string of the molecule is CC(C)NC(=O)NC(=O)COC(=O)c1ccc(NCc2ccccc2)c([N+](=O)[O-])c1. The predicted octanol–water partition coefficient (Wildman–Crippen LogP) is 2.60. The van der Waals surface area contributed by atoms with E-state index in [0.717, 1.165) is 11.6 Å². The van der Waals surface area contributed by atoms with Crippen molar-refractivity contribution in [3.8, 4) is 0 Å². The first kappa shape index (κ1) is 22.3. The number of amides is 3. The molecule has 0 aliphatic carbocycles. The topological polar surface area (TPSA) is 140 Å². The van der Waals surface area contributed by atoms with E-state index >= 15 is 0 Å². The molecule has 30 heavy (non-hydrogen) atoms. The molecule has 0 fully saturated rings. The zero-order valence-electron chi connectivity index (χ0n) is 16.5. The smallest absolute Gasteiger partial charge is 0.338 e. The summed E-state index contributed by atoms with van der Waals surface area (Å²) < 4.78 is 4.83. The summed E-state index contributed by atoms with van der Waals surface area (Å²) in [4.78, 5) is 46.0. The van der Waals surface area contributed by atoms with Crippen LogP contribution in [-0.4, -0.2) is 35.5 Å². The van der Waals surface area contributed by atoms with E-state index in [4.69, 9.17) is 4.74 Å². The summed E-state index contributed by atoms with van der Waals surface area (Å²) >= 11 is 0. The molecule has 2 aromatic carbocycles. The zero-order chi connectivity index (χ0) is 22.1. The number of carbonyl (C=O) groups excluding carboxylic acids is 3. The van der Waals surface area contributed by atoms with Gasteiger partial charge in [-0.15, -0.1) is 0 Å². The van der Waals surface area contributed by atoms with Gasteiger partial charge in [0.2, 0.25) is 0 Å². The number of nitro benzene ring substituents is 1. The molecule has 0 aliphatic rings. The van der Waals surface area contributed by atoms with Crippen molar-refractivity contribution >= 4 is 29.3 Å². The quantitative estimate of drug-likeness (QED) is 0.343. The second kappa shape index (κ2) is 10.6. The Bertz CT molecular complexity index is 930. The third-order valence-electron chi connectivity index (χ3n) is 3.76. The molecule has 10 heteroatoms. The Labute approximate surface area is 172 Å². The fourth-order valence-corrected chi connectivity index (χ4v) is 2.43. The number of anilines is 1. The molecule has 0 spiro atoms. The van der Waals surface area contributed by atoms with Gasteiger partial charge in [0.05, 0.1) is 10.5 Å². The lowest BCUT2D eigenvalue weighted by atomic mass is 10.1. The van der Waals surface area contributed by atoms with Gasteiger partial charge in [-0.3, -0.25) is 20.2 Å². The van der Waals surface area contributed by atoms with Crippen molar-refractivity contribution in [1.29, 1.82) is 0 Å². The summed E-state index contributed by atoms with van der Waals surface area (Å²) in [6, 6.07) is 12.3. The monoisotopic (exact) mass is 414 g/mol. The number of nitro groups is 1. The largest absolute Gasteiger partial charge is 0.452 e. The first-order chi connectivity index (χ1) is 14.3. The Kier molecular flexibility index (Phi) is 7.86. The van der Waals surface area contributed by atoms with Gasteiger partial charge in [-0.2, -0.15) is 0 Å². The second-order valence-electron chi connectivity index (χ2n) is 6.58. The normalized spacial score (nSPS) is 10.2. The van der Waals surface area contributed by atoms with Crippen LogP contribution in [0.5, 0.6) is 0 Å². The molecule has 10 nitrogen and oxygen atoms in total. The van der Waals surface area contributed by atoms with E-state index in [2.05, 4.69) is 10.6 Å². The Morgan fingerprint density at radius 2 is 1.80 bits per heavy atom. The predicted molar refractivity (Wildman–Crippen MR) is 109 cm³/mol. The van der Waals surface area contributed by atoms with Crippen molar-refractivity contribution in [2.45, 2.75) is 26.4 Å². The average molecular weight is 414 g/mol. The minimum Gasteiger partial charge on any atom is -0.452 e. The van der Waals surface area contributed by atoms with E-state index in [-0.39, 0.29) is 23.0 Å². The molecule has 0 aliphatic heterocycles. The van der Waals surface area contributed by atoms with Crippen molar-refractivity contribution in [1.82, 2.24) is 10.6 Å². The Morgan fingerprint density at radius 1 is 1.10 bits per heavy atom. The Morgan fingerprint density at radius 3 is 2.43 bits per heavy atom. The fourth-order valence-electron chi connectivity index (χ4n) is 2.43. The number of urea groups is 1. The van der Waals surface area contributed by atoms with Crippen molar-refractivity contribution in [2.75, 3.05) is 11.9 Å². The average Bonchev–Trinajstić information content (AvgIpc) is 2.70. The summed E-state index contributed by atoms with van der Waals surface area (Å²) in [7, 11) is 0. The molecule has 3 amide bonds. The van der Waals surface area contributed by atoms with Gasteiger partial charge < -0.3 is 15.4 Å². The van der Waals surface area contributed by atoms with Gasteiger partial charge in [-0.05, 0) is 31.5 Å². The maximum Gasteiger partial charge on any atom is 0.338 e. The number of rotatable bonds is 8. The lowest BCUT2D eigenvalue weighted by Crippen LogP contribution is -2.44. The molecule has 0 atom stereocenters. The van der Waals surface area contributed by atoms with Crippen LogP contribution in [0.25, 0.3) is 0 Å². The zero-order valence-corrected chi connectivity index (χ0v) is 16.5. The lowest BCUT2D eigenvalue weighted by Gasteiger charge is -2.10. The summed E-state index contributed by atoms with van der Waals surface area (Å²) in [5, 5.41) is 18.8. The minimum absolute atomic E-state index is 0.0913. The van der Waals surface area contributed by atoms with Crippen molar-refractivity contribution in [3.63, 3.8) is 0 Å². The maximum atomic E-state index is 12.1. The Balaban J connectivity index is 1.99. The van der Waals surface area contributed by atoms with Crippen LogP contribution in [0.3, 0.4) is 0 Å². The van der Waals surface area contributed by atoms with Crippen molar-refractivity contribution < 1.29 is 24.0 Å². The van der Waals surface area contributed by atoms with Gasteiger partial charge in [-0.25, -0.2) is 9.59 Å². The number of benzene rings is 2. The van der Waals surface area contributed by atoms with Crippen LogP contribution in [0.2, 0.25) is 0 Å². The molecule has 2 aromatic rings. The number of hydrogen-bond donors (Lipinski definition) is 3. The van der Waals surface area contributed by atoms with E-state index in [1.165, 1.54) is 12.1 Å². The summed E-state index contributed by atoms with van der Waals surface area (Å²) in [6.45, 7) is 3.10. The van der Waals surface area contributed by atoms with Crippen molar-refractivity contribution in [2.24, 2.45) is 0 Å². The minimum atomic E-state index is -0.924. The van der Waals surface area contributed by atoms with Crippen LogP contribution >= 0.6 is 0 Å². The van der Waals surface area contributed by atoms with Gasteiger partial charge >= 0.3 is 12.0 Å². The molecule has 0 bridgehead atoms. The standard InChI is InChI=1S/C20H22N4O6/c1-13(2)22-20(27)23-18(25)12-30-19(26)15-8-9-16(17(10-15)24(28)29)21-11-14-6-4-3-5-7-14/h3-10,13,21H,11-12H2,1-2H3,(H2,22,23,25,27). The summed E-state index contributed by atoms with van der Waals surface area (Å²) in [6.07, 6.45) is 0. The summed E-state index contributed by atoms with van der Waals surface area (Å²) in [5.41, 5.74) is 0.777. The van der Waals surface area contributed by atoms with E-state index in [9.17, 15) is 24.5 Å². The fraction of sp³-hybridized carbons (Fsp3) is 0.250. The molecular weight excluding hydrogens is 392 g/mol. The molecule has 0 saturated carbocycles. The number of nitrogens with one attached hydrogen (secondary N) is 3. The van der Waals surface area contributed by atoms with Crippen LogP contribution in [0.4, 0.5) is 16.2 Å². The van der Waals surface area contributed by atoms with Crippen LogP contribution in [-0.2, 0) is 16.1 Å². The molecule has 158 valence electrons. The highest BCUT2D eigenvalue weighted by molar-refractivity contribution is 5.97. The summed E-state index contributed by atoms with van der Waals surface area (Å²) in [5.74, 6) is -1.75. The maximum absolute atomic E-state index is 12.1.